The first-order valence-corrected chi connectivity index (χ1v) is 9.61. The zero-order chi connectivity index (χ0) is 17.7. The Labute approximate surface area is 147 Å². The van der Waals surface area contributed by atoms with Crippen molar-refractivity contribution in [3.8, 4) is 0 Å². The van der Waals surface area contributed by atoms with Crippen LogP contribution in [0.1, 0.15) is 23.2 Å². The zero-order valence-corrected chi connectivity index (χ0v) is 14.5. The molecule has 1 aliphatic heterocycles. The molecule has 1 atom stereocenters. The van der Waals surface area contributed by atoms with Gasteiger partial charge in [0.2, 0.25) is 10.0 Å². The number of carbonyl (C=O) groups excluding carboxylic acids is 1. The van der Waals surface area contributed by atoms with Crippen LogP contribution in [-0.4, -0.2) is 33.6 Å². The van der Waals surface area contributed by atoms with Gasteiger partial charge in [-0.15, -0.1) is 0 Å². The largest absolute Gasteiger partial charge is 0.377 e. The van der Waals surface area contributed by atoms with E-state index in [1.807, 2.05) is 18.2 Å². The molecular formula is C18H20N2O4S. The standard InChI is InChI=1S/C18H20N2O4S/c21-18(20-15-7-2-1-3-8-15)14-6-4-10-17(12-14)25(22,23)19-13-16-9-5-11-24-16/h1-4,6-8,10,12,16,19H,5,9,11,13H2,(H,20,21). The molecule has 0 aromatic heterocycles. The monoisotopic (exact) mass is 360 g/mol. The molecular weight excluding hydrogens is 340 g/mol. The number of hydrogen-bond acceptors (Lipinski definition) is 4. The minimum atomic E-state index is -3.69. The van der Waals surface area contributed by atoms with Crippen LogP contribution in [0, 0.1) is 0 Å². The van der Waals surface area contributed by atoms with Crippen molar-refractivity contribution in [3.05, 3.63) is 60.2 Å². The number of carbonyl (C=O) groups is 1. The summed E-state index contributed by atoms with van der Waals surface area (Å²) in [5.74, 6) is -0.359. The van der Waals surface area contributed by atoms with Crippen LogP contribution in [0.4, 0.5) is 5.69 Å². The summed E-state index contributed by atoms with van der Waals surface area (Å²) < 4.78 is 32.8. The highest BCUT2D eigenvalue weighted by molar-refractivity contribution is 7.89. The molecule has 0 spiro atoms. The number of para-hydroxylation sites is 1. The fourth-order valence-corrected chi connectivity index (χ4v) is 3.73. The van der Waals surface area contributed by atoms with Crippen molar-refractivity contribution in [1.29, 1.82) is 0 Å². The van der Waals surface area contributed by atoms with Gasteiger partial charge in [0.25, 0.3) is 5.91 Å². The lowest BCUT2D eigenvalue weighted by Gasteiger charge is -2.12. The van der Waals surface area contributed by atoms with E-state index in [1.165, 1.54) is 12.1 Å². The van der Waals surface area contributed by atoms with E-state index in [9.17, 15) is 13.2 Å². The zero-order valence-electron chi connectivity index (χ0n) is 13.6. The van der Waals surface area contributed by atoms with Crippen molar-refractivity contribution in [2.24, 2.45) is 0 Å². The van der Waals surface area contributed by atoms with E-state index >= 15 is 0 Å². The molecule has 25 heavy (non-hydrogen) atoms. The van der Waals surface area contributed by atoms with E-state index in [4.69, 9.17) is 4.74 Å². The maximum absolute atomic E-state index is 12.4. The first-order chi connectivity index (χ1) is 12.0. The quantitative estimate of drug-likeness (QED) is 0.828. The Kier molecular flexibility index (Phi) is 5.47. The Hall–Kier alpha value is -2.22. The molecule has 2 aromatic rings. The summed E-state index contributed by atoms with van der Waals surface area (Å²) in [7, 11) is -3.69. The molecule has 1 aliphatic rings. The molecule has 0 bridgehead atoms. The Morgan fingerprint density at radius 2 is 1.92 bits per heavy atom. The molecule has 1 unspecified atom stereocenters. The lowest BCUT2D eigenvalue weighted by Crippen LogP contribution is -2.32. The molecule has 1 heterocycles. The number of benzene rings is 2. The average Bonchev–Trinajstić information content (AvgIpc) is 3.15. The second-order valence-electron chi connectivity index (χ2n) is 5.83. The van der Waals surface area contributed by atoms with E-state index in [0.717, 1.165) is 12.8 Å². The molecule has 2 aromatic carbocycles. The van der Waals surface area contributed by atoms with Crippen molar-refractivity contribution >= 4 is 21.6 Å². The first kappa shape index (κ1) is 17.6. The molecule has 1 amide bonds. The number of nitrogens with one attached hydrogen (secondary N) is 2. The molecule has 1 fully saturated rings. The van der Waals surface area contributed by atoms with Crippen molar-refractivity contribution in [2.75, 3.05) is 18.5 Å². The predicted molar refractivity (Wildman–Crippen MR) is 95.0 cm³/mol. The first-order valence-electron chi connectivity index (χ1n) is 8.12. The fourth-order valence-electron chi connectivity index (χ4n) is 2.62. The lowest BCUT2D eigenvalue weighted by molar-refractivity contribution is 0.102. The molecule has 2 N–H and O–H groups in total. The Bertz CT molecular complexity index is 831. The van der Waals surface area contributed by atoms with Gasteiger partial charge in [-0.05, 0) is 43.2 Å². The van der Waals surface area contributed by atoms with Crippen LogP contribution in [0.25, 0.3) is 0 Å². The van der Waals surface area contributed by atoms with E-state index < -0.39 is 10.0 Å². The number of rotatable bonds is 6. The lowest BCUT2D eigenvalue weighted by atomic mass is 10.2. The Morgan fingerprint density at radius 1 is 1.12 bits per heavy atom. The van der Waals surface area contributed by atoms with Crippen LogP contribution >= 0.6 is 0 Å². The summed E-state index contributed by atoms with van der Waals surface area (Å²) in [6.45, 7) is 0.907. The number of amides is 1. The molecule has 7 heteroatoms. The molecule has 0 saturated carbocycles. The molecule has 3 rings (SSSR count). The van der Waals surface area contributed by atoms with Crippen molar-refractivity contribution in [2.45, 2.75) is 23.8 Å². The molecule has 1 saturated heterocycles. The van der Waals surface area contributed by atoms with Crippen LogP contribution in [-0.2, 0) is 14.8 Å². The van der Waals surface area contributed by atoms with Crippen LogP contribution in [0.15, 0.2) is 59.5 Å². The highest BCUT2D eigenvalue weighted by Crippen LogP contribution is 2.15. The summed E-state index contributed by atoms with van der Waals surface area (Å²) in [5, 5.41) is 2.74. The van der Waals surface area contributed by atoms with Crippen LogP contribution < -0.4 is 10.0 Å². The van der Waals surface area contributed by atoms with Crippen molar-refractivity contribution in [3.63, 3.8) is 0 Å². The topological polar surface area (TPSA) is 84.5 Å². The number of anilines is 1. The SMILES string of the molecule is O=C(Nc1ccccc1)c1cccc(S(=O)(=O)NCC2CCCO2)c1. The summed E-state index contributed by atoms with van der Waals surface area (Å²) in [4.78, 5) is 12.4. The van der Waals surface area contributed by atoms with Gasteiger partial charge in [0, 0.05) is 24.4 Å². The number of ether oxygens (including phenoxy) is 1. The van der Waals surface area contributed by atoms with Crippen LogP contribution in [0.3, 0.4) is 0 Å². The normalized spacial score (nSPS) is 17.4. The Morgan fingerprint density at radius 3 is 2.64 bits per heavy atom. The van der Waals surface area contributed by atoms with E-state index in [0.29, 0.717) is 12.3 Å². The third kappa shape index (κ3) is 4.66. The van der Waals surface area contributed by atoms with Gasteiger partial charge in [-0.3, -0.25) is 4.79 Å². The highest BCUT2D eigenvalue weighted by atomic mass is 32.2. The summed E-state index contributed by atoms with van der Waals surface area (Å²) in [6, 6.07) is 15.0. The van der Waals surface area contributed by atoms with Gasteiger partial charge in [0.15, 0.2) is 0 Å². The summed E-state index contributed by atoms with van der Waals surface area (Å²) >= 11 is 0. The second-order valence-corrected chi connectivity index (χ2v) is 7.60. The number of sulfonamides is 1. The van der Waals surface area contributed by atoms with Crippen LogP contribution in [0.5, 0.6) is 0 Å². The van der Waals surface area contributed by atoms with Crippen molar-refractivity contribution < 1.29 is 17.9 Å². The van der Waals surface area contributed by atoms with Gasteiger partial charge < -0.3 is 10.1 Å². The average molecular weight is 360 g/mol. The third-order valence-corrected chi connectivity index (χ3v) is 5.38. The maximum Gasteiger partial charge on any atom is 0.255 e. The van der Waals surface area contributed by atoms with E-state index in [1.54, 1.807) is 24.3 Å². The molecule has 0 aliphatic carbocycles. The van der Waals surface area contributed by atoms with Crippen molar-refractivity contribution in [1.82, 2.24) is 4.72 Å². The van der Waals surface area contributed by atoms with Gasteiger partial charge in [-0.2, -0.15) is 0 Å². The smallest absolute Gasteiger partial charge is 0.255 e. The third-order valence-electron chi connectivity index (χ3n) is 3.96. The van der Waals surface area contributed by atoms with E-state index in [-0.39, 0.29) is 29.0 Å². The predicted octanol–water partition coefficient (Wildman–Crippen LogP) is 2.40. The van der Waals surface area contributed by atoms with E-state index in [2.05, 4.69) is 10.0 Å². The van der Waals surface area contributed by atoms with Gasteiger partial charge in [0.1, 0.15) is 0 Å². The summed E-state index contributed by atoms with van der Waals surface area (Å²) in [6.07, 6.45) is 1.71. The minimum absolute atomic E-state index is 0.0613. The van der Waals surface area contributed by atoms with Crippen LogP contribution in [0.2, 0.25) is 0 Å². The van der Waals surface area contributed by atoms with Gasteiger partial charge in [-0.1, -0.05) is 24.3 Å². The van der Waals surface area contributed by atoms with Gasteiger partial charge >= 0.3 is 0 Å². The summed E-state index contributed by atoms with van der Waals surface area (Å²) in [5.41, 5.74) is 0.932. The minimum Gasteiger partial charge on any atom is -0.377 e. The molecule has 132 valence electrons. The second kappa shape index (κ2) is 7.77. The maximum atomic E-state index is 12.4. The van der Waals surface area contributed by atoms with Gasteiger partial charge in [0.05, 0.1) is 11.0 Å². The van der Waals surface area contributed by atoms with Gasteiger partial charge in [-0.25, -0.2) is 13.1 Å². The number of hydrogen-bond donors (Lipinski definition) is 2. The Balaban J connectivity index is 1.70. The molecule has 6 nitrogen and oxygen atoms in total. The fraction of sp³-hybridized carbons (Fsp3) is 0.278. The molecule has 0 radical (unpaired) electrons. The highest BCUT2D eigenvalue weighted by Gasteiger charge is 2.21.